The summed E-state index contributed by atoms with van der Waals surface area (Å²) in [7, 11) is 2.84. The standard InChI is InChI=1S/C21H25NO7/c1-7-28-20(24)16-11(2)18(22-12(16)3)19(23)13(4)29-21(25)17-14(26-5)9-8-10-15(17)27-6/h8-10,13,22H,7H2,1-6H3. The summed E-state index contributed by atoms with van der Waals surface area (Å²) in [6, 6.07) is 4.86. The van der Waals surface area contributed by atoms with Crippen molar-refractivity contribution in [2.75, 3.05) is 20.8 Å². The second-order valence-corrected chi connectivity index (χ2v) is 6.29. The highest BCUT2D eigenvalue weighted by molar-refractivity contribution is 6.05. The number of benzene rings is 1. The third-order valence-corrected chi connectivity index (χ3v) is 4.45. The third kappa shape index (κ3) is 4.42. The first-order valence-electron chi connectivity index (χ1n) is 9.09. The van der Waals surface area contributed by atoms with Gasteiger partial charge in [-0.05, 0) is 45.4 Å². The number of H-pyrrole nitrogens is 1. The van der Waals surface area contributed by atoms with Crippen LogP contribution in [0.3, 0.4) is 0 Å². The number of hydrogen-bond acceptors (Lipinski definition) is 7. The van der Waals surface area contributed by atoms with E-state index in [1.807, 2.05) is 0 Å². The monoisotopic (exact) mass is 403 g/mol. The normalized spacial score (nSPS) is 11.5. The number of Topliss-reactive ketones (excluding diaryl/α,β-unsaturated/α-hetero) is 1. The zero-order valence-corrected chi connectivity index (χ0v) is 17.4. The number of rotatable bonds is 8. The van der Waals surface area contributed by atoms with Gasteiger partial charge in [0.25, 0.3) is 0 Å². The van der Waals surface area contributed by atoms with E-state index in [0.29, 0.717) is 16.8 Å². The number of aromatic nitrogens is 1. The Bertz CT molecular complexity index is 907. The fourth-order valence-electron chi connectivity index (χ4n) is 3.03. The molecule has 8 nitrogen and oxygen atoms in total. The van der Waals surface area contributed by atoms with Crippen LogP contribution in [-0.4, -0.2) is 49.6 Å². The van der Waals surface area contributed by atoms with Crippen LogP contribution in [-0.2, 0) is 9.47 Å². The molecule has 0 radical (unpaired) electrons. The molecule has 1 atom stereocenters. The third-order valence-electron chi connectivity index (χ3n) is 4.45. The average Bonchev–Trinajstić information content (AvgIpc) is 3.00. The zero-order valence-electron chi connectivity index (χ0n) is 17.4. The Labute approximate surface area is 169 Å². The van der Waals surface area contributed by atoms with Crippen LogP contribution >= 0.6 is 0 Å². The van der Waals surface area contributed by atoms with Crippen molar-refractivity contribution in [3.8, 4) is 11.5 Å². The van der Waals surface area contributed by atoms with Crippen molar-refractivity contribution < 1.29 is 33.3 Å². The lowest BCUT2D eigenvalue weighted by atomic mass is 10.1. The molecule has 0 saturated carbocycles. The van der Waals surface area contributed by atoms with E-state index in [0.717, 1.165) is 0 Å². The van der Waals surface area contributed by atoms with Crippen LogP contribution in [0.15, 0.2) is 18.2 Å². The molecule has 2 aromatic rings. The maximum Gasteiger partial charge on any atom is 0.346 e. The van der Waals surface area contributed by atoms with E-state index in [-0.39, 0.29) is 29.4 Å². The number of aryl methyl sites for hydroxylation is 1. The minimum absolute atomic E-state index is 0.0868. The minimum atomic E-state index is -1.11. The summed E-state index contributed by atoms with van der Waals surface area (Å²) in [6.45, 7) is 6.70. The van der Waals surface area contributed by atoms with E-state index in [1.54, 1.807) is 39.0 Å². The molecule has 1 unspecified atom stereocenters. The van der Waals surface area contributed by atoms with Crippen molar-refractivity contribution >= 4 is 17.7 Å². The molecule has 0 saturated heterocycles. The first-order chi connectivity index (χ1) is 13.8. The summed E-state index contributed by atoms with van der Waals surface area (Å²) in [4.78, 5) is 40.6. The number of nitrogens with one attached hydrogen (secondary N) is 1. The van der Waals surface area contributed by atoms with Gasteiger partial charge in [-0.3, -0.25) is 4.79 Å². The van der Waals surface area contributed by atoms with Crippen LogP contribution in [0.4, 0.5) is 0 Å². The van der Waals surface area contributed by atoms with Crippen molar-refractivity contribution in [3.63, 3.8) is 0 Å². The summed E-state index contributed by atoms with van der Waals surface area (Å²) < 4.78 is 20.8. The molecule has 0 aliphatic heterocycles. The van der Waals surface area contributed by atoms with Crippen molar-refractivity contribution in [2.24, 2.45) is 0 Å². The van der Waals surface area contributed by atoms with Crippen LogP contribution in [0.2, 0.25) is 0 Å². The first-order valence-corrected chi connectivity index (χ1v) is 9.09. The van der Waals surface area contributed by atoms with Crippen molar-refractivity contribution in [2.45, 2.75) is 33.8 Å². The van der Waals surface area contributed by atoms with Gasteiger partial charge in [0, 0.05) is 5.69 Å². The smallest absolute Gasteiger partial charge is 0.346 e. The summed E-state index contributed by atoms with van der Waals surface area (Å²) in [5.41, 5.74) is 1.54. The number of methoxy groups -OCH3 is 2. The number of aromatic amines is 1. The Morgan fingerprint density at radius 2 is 1.59 bits per heavy atom. The summed E-state index contributed by atoms with van der Waals surface area (Å²) in [6.07, 6.45) is -1.11. The van der Waals surface area contributed by atoms with Gasteiger partial charge in [-0.25, -0.2) is 9.59 Å². The molecular formula is C21H25NO7. The van der Waals surface area contributed by atoms with Crippen LogP contribution in [0.25, 0.3) is 0 Å². The van der Waals surface area contributed by atoms with Gasteiger partial charge >= 0.3 is 11.9 Å². The number of ether oxygens (including phenoxy) is 4. The molecule has 1 N–H and O–H groups in total. The predicted molar refractivity (Wildman–Crippen MR) is 105 cm³/mol. The summed E-state index contributed by atoms with van der Waals surface area (Å²) in [5.74, 6) is -1.20. The second kappa shape index (κ2) is 9.27. The lowest BCUT2D eigenvalue weighted by Gasteiger charge is -2.15. The molecule has 29 heavy (non-hydrogen) atoms. The van der Waals surface area contributed by atoms with Crippen LogP contribution in [0, 0.1) is 13.8 Å². The average molecular weight is 403 g/mol. The Morgan fingerprint density at radius 3 is 2.10 bits per heavy atom. The largest absolute Gasteiger partial charge is 0.496 e. The van der Waals surface area contributed by atoms with Crippen LogP contribution < -0.4 is 9.47 Å². The fourth-order valence-corrected chi connectivity index (χ4v) is 3.03. The van der Waals surface area contributed by atoms with Gasteiger partial charge in [0.05, 0.1) is 32.1 Å². The molecule has 8 heteroatoms. The highest BCUT2D eigenvalue weighted by atomic mass is 16.6. The maximum absolute atomic E-state index is 12.9. The highest BCUT2D eigenvalue weighted by Crippen LogP contribution is 2.29. The van der Waals surface area contributed by atoms with Gasteiger partial charge < -0.3 is 23.9 Å². The van der Waals surface area contributed by atoms with Crippen LogP contribution in [0.1, 0.15) is 56.3 Å². The zero-order chi connectivity index (χ0) is 21.7. The van der Waals surface area contributed by atoms with E-state index in [1.165, 1.54) is 21.1 Å². The number of carbonyl (C=O) groups excluding carboxylic acids is 3. The van der Waals surface area contributed by atoms with Crippen LogP contribution in [0.5, 0.6) is 11.5 Å². The topological polar surface area (TPSA) is 104 Å². The fraction of sp³-hybridized carbons (Fsp3) is 0.381. The van der Waals surface area contributed by atoms with E-state index < -0.39 is 23.8 Å². The van der Waals surface area contributed by atoms with E-state index in [2.05, 4.69) is 4.98 Å². The number of hydrogen-bond donors (Lipinski definition) is 1. The molecule has 1 aromatic heterocycles. The SMILES string of the molecule is CCOC(=O)c1c(C)[nH]c(C(=O)C(C)OC(=O)c2c(OC)cccc2OC)c1C. The van der Waals surface area contributed by atoms with Gasteiger partial charge in [-0.15, -0.1) is 0 Å². The Balaban J connectivity index is 2.28. The molecule has 0 amide bonds. The minimum Gasteiger partial charge on any atom is -0.496 e. The summed E-state index contributed by atoms with van der Waals surface area (Å²) >= 11 is 0. The highest BCUT2D eigenvalue weighted by Gasteiger charge is 2.29. The van der Waals surface area contributed by atoms with Gasteiger partial charge in [0.15, 0.2) is 6.10 Å². The summed E-state index contributed by atoms with van der Waals surface area (Å²) in [5, 5.41) is 0. The molecule has 0 spiro atoms. The van der Waals surface area contributed by atoms with Gasteiger partial charge in [-0.2, -0.15) is 0 Å². The van der Waals surface area contributed by atoms with E-state index in [4.69, 9.17) is 18.9 Å². The first kappa shape index (κ1) is 22.0. The Kier molecular flexibility index (Phi) is 7.03. The maximum atomic E-state index is 12.9. The molecule has 2 rings (SSSR count). The molecule has 0 aliphatic rings. The van der Waals surface area contributed by atoms with E-state index in [9.17, 15) is 14.4 Å². The molecule has 0 bridgehead atoms. The molecule has 156 valence electrons. The van der Waals surface area contributed by atoms with Crippen molar-refractivity contribution in [1.82, 2.24) is 4.98 Å². The number of carbonyl (C=O) groups is 3. The Morgan fingerprint density at radius 1 is 1.00 bits per heavy atom. The van der Waals surface area contributed by atoms with E-state index >= 15 is 0 Å². The molecule has 1 aromatic carbocycles. The van der Waals surface area contributed by atoms with Gasteiger partial charge in [0.2, 0.25) is 5.78 Å². The number of ketones is 1. The predicted octanol–water partition coefficient (Wildman–Crippen LogP) is 3.25. The molecular weight excluding hydrogens is 378 g/mol. The Hall–Kier alpha value is -3.29. The number of esters is 2. The molecule has 1 heterocycles. The molecule has 0 fully saturated rings. The van der Waals surface area contributed by atoms with Crippen molar-refractivity contribution in [1.29, 1.82) is 0 Å². The second-order valence-electron chi connectivity index (χ2n) is 6.29. The van der Waals surface area contributed by atoms with Crippen molar-refractivity contribution in [3.05, 3.63) is 46.3 Å². The quantitative estimate of drug-likeness (QED) is 0.533. The van der Waals surface area contributed by atoms with Gasteiger partial charge in [0.1, 0.15) is 17.1 Å². The lowest BCUT2D eigenvalue weighted by molar-refractivity contribution is 0.0310. The molecule has 0 aliphatic carbocycles. The van der Waals surface area contributed by atoms with Gasteiger partial charge in [-0.1, -0.05) is 6.07 Å². The lowest BCUT2D eigenvalue weighted by Crippen LogP contribution is -2.26.